The smallest absolute Gasteiger partial charge is 0.237 e. The normalized spacial score (nSPS) is 18.6. The van der Waals surface area contributed by atoms with Gasteiger partial charge in [-0.05, 0) is 18.6 Å². The molecular formula is C16H21ClFN3O2. The Morgan fingerprint density at radius 2 is 2.30 bits per heavy atom. The van der Waals surface area contributed by atoms with Crippen molar-refractivity contribution in [3.8, 4) is 0 Å². The maximum absolute atomic E-state index is 14.0. The van der Waals surface area contributed by atoms with E-state index >= 15 is 0 Å². The van der Waals surface area contributed by atoms with Crippen molar-refractivity contribution in [1.29, 1.82) is 0 Å². The highest BCUT2D eigenvalue weighted by Crippen LogP contribution is 2.23. The molecule has 1 saturated heterocycles. The van der Waals surface area contributed by atoms with Gasteiger partial charge in [0.1, 0.15) is 5.82 Å². The summed E-state index contributed by atoms with van der Waals surface area (Å²) in [6, 6.07) is 3.89. The number of rotatable bonds is 6. The van der Waals surface area contributed by atoms with Gasteiger partial charge in [-0.1, -0.05) is 24.6 Å². The van der Waals surface area contributed by atoms with Gasteiger partial charge < -0.3 is 10.6 Å². The second-order valence-corrected chi connectivity index (χ2v) is 5.94. The van der Waals surface area contributed by atoms with Crippen molar-refractivity contribution in [2.75, 3.05) is 19.6 Å². The monoisotopic (exact) mass is 341 g/mol. The van der Waals surface area contributed by atoms with E-state index in [2.05, 4.69) is 10.6 Å². The van der Waals surface area contributed by atoms with Crippen LogP contribution in [0.5, 0.6) is 0 Å². The van der Waals surface area contributed by atoms with Crippen molar-refractivity contribution >= 4 is 23.4 Å². The largest absolute Gasteiger partial charge is 0.356 e. The standard InChI is InChI=1S/C16H21ClFN3O2/c1-2-6-19-15(22)9-14-16(23)20-7-8-21(14)10-11-12(17)4-3-5-13(11)18/h3-5,14H,2,6-10H2,1H3,(H,19,22)(H,20,23). The molecule has 0 aromatic heterocycles. The van der Waals surface area contributed by atoms with E-state index in [4.69, 9.17) is 11.6 Å². The zero-order chi connectivity index (χ0) is 16.8. The fourth-order valence-electron chi connectivity index (χ4n) is 2.57. The molecule has 2 rings (SSSR count). The number of hydrogen-bond acceptors (Lipinski definition) is 3. The number of halogens is 2. The second-order valence-electron chi connectivity index (χ2n) is 5.53. The highest BCUT2D eigenvalue weighted by atomic mass is 35.5. The second kappa shape index (κ2) is 8.26. The van der Waals surface area contributed by atoms with Crippen LogP contribution in [0.15, 0.2) is 18.2 Å². The Labute approximate surface area is 140 Å². The third-order valence-corrected chi connectivity index (χ3v) is 4.17. The van der Waals surface area contributed by atoms with Crippen molar-refractivity contribution < 1.29 is 14.0 Å². The summed E-state index contributed by atoms with van der Waals surface area (Å²) in [7, 11) is 0. The predicted molar refractivity (Wildman–Crippen MR) is 86.5 cm³/mol. The third kappa shape index (κ3) is 4.65. The lowest BCUT2D eigenvalue weighted by atomic mass is 10.1. The minimum Gasteiger partial charge on any atom is -0.356 e. The van der Waals surface area contributed by atoms with E-state index in [-0.39, 0.29) is 24.8 Å². The maximum Gasteiger partial charge on any atom is 0.237 e. The van der Waals surface area contributed by atoms with E-state index in [1.807, 2.05) is 6.92 Å². The number of carbonyl (C=O) groups is 2. The van der Waals surface area contributed by atoms with Crippen LogP contribution in [0.1, 0.15) is 25.3 Å². The van der Waals surface area contributed by atoms with Crippen LogP contribution in [0, 0.1) is 5.82 Å². The van der Waals surface area contributed by atoms with Crippen LogP contribution in [-0.4, -0.2) is 42.4 Å². The SMILES string of the molecule is CCCNC(=O)CC1C(=O)NCCN1Cc1c(F)cccc1Cl. The van der Waals surface area contributed by atoms with Gasteiger partial charge in [0.15, 0.2) is 0 Å². The van der Waals surface area contributed by atoms with Crippen LogP contribution in [-0.2, 0) is 16.1 Å². The number of benzene rings is 1. The molecule has 0 saturated carbocycles. The Bertz CT molecular complexity index is 562. The molecule has 0 bridgehead atoms. The van der Waals surface area contributed by atoms with Crippen LogP contribution >= 0.6 is 11.6 Å². The van der Waals surface area contributed by atoms with E-state index in [0.29, 0.717) is 30.2 Å². The Morgan fingerprint density at radius 3 is 3.00 bits per heavy atom. The number of nitrogens with zero attached hydrogens (tertiary/aromatic N) is 1. The number of amides is 2. The zero-order valence-corrected chi connectivity index (χ0v) is 13.8. The quantitative estimate of drug-likeness (QED) is 0.828. The van der Waals surface area contributed by atoms with Gasteiger partial charge in [-0.3, -0.25) is 14.5 Å². The van der Waals surface area contributed by atoms with Gasteiger partial charge in [-0.25, -0.2) is 4.39 Å². The third-order valence-electron chi connectivity index (χ3n) is 3.82. The van der Waals surface area contributed by atoms with E-state index in [1.165, 1.54) is 6.07 Å². The Hall–Kier alpha value is -1.66. The molecule has 7 heteroatoms. The summed E-state index contributed by atoms with van der Waals surface area (Å²) in [5.74, 6) is -0.799. The van der Waals surface area contributed by atoms with Crippen molar-refractivity contribution in [3.63, 3.8) is 0 Å². The molecule has 0 radical (unpaired) electrons. The number of carbonyl (C=O) groups excluding carboxylic acids is 2. The minimum absolute atomic E-state index is 0.0535. The van der Waals surface area contributed by atoms with Gasteiger partial charge in [-0.15, -0.1) is 0 Å². The Balaban J connectivity index is 2.11. The average Bonchev–Trinajstić information content (AvgIpc) is 2.52. The summed E-state index contributed by atoms with van der Waals surface area (Å²) < 4.78 is 14.0. The van der Waals surface area contributed by atoms with Gasteiger partial charge in [-0.2, -0.15) is 0 Å². The van der Waals surface area contributed by atoms with Crippen molar-refractivity contribution in [2.24, 2.45) is 0 Å². The van der Waals surface area contributed by atoms with E-state index < -0.39 is 11.9 Å². The molecular weight excluding hydrogens is 321 g/mol. The molecule has 1 heterocycles. The summed E-state index contributed by atoms with van der Waals surface area (Å²) in [4.78, 5) is 25.8. The molecule has 1 aliphatic rings. The number of hydrogen-bond donors (Lipinski definition) is 2. The zero-order valence-electron chi connectivity index (χ0n) is 13.1. The molecule has 0 spiro atoms. The van der Waals surface area contributed by atoms with Gasteiger partial charge in [0.25, 0.3) is 0 Å². The number of piperazine rings is 1. The fraction of sp³-hybridized carbons (Fsp3) is 0.500. The first-order valence-electron chi connectivity index (χ1n) is 7.74. The van der Waals surface area contributed by atoms with Crippen molar-refractivity contribution in [2.45, 2.75) is 32.4 Å². The van der Waals surface area contributed by atoms with Gasteiger partial charge >= 0.3 is 0 Å². The first-order valence-corrected chi connectivity index (χ1v) is 8.12. The molecule has 1 aliphatic heterocycles. The molecule has 126 valence electrons. The fourth-order valence-corrected chi connectivity index (χ4v) is 2.79. The minimum atomic E-state index is -0.615. The first-order chi connectivity index (χ1) is 11.0. The molecule has 2 N–H and O–H groups in total. The molecule has 1 fully saturated rings. The summed E-state index contributed by atoms with van der Waals surface area (Å²) in [6.07, 6.45) is 0.884. The van der Waals surface area contributed by atoms with Crippen LogP contribution in [0.2, 0.25) is 5.02 Å². The lowest BCUT2D eigenvalue weighted by Gasteiger charge is -2.35. The van der Waals surface area contributed by atoms with Crippen LogP contribution in [0.25, 0.3) is 0 Å². The average molecular weight is 342 g/mol. The molecule has 1 aromatic carbocycles. The molecule has 1 aromatic rings. The molecule has 2 amide bonds. The summed E-state index contributed by atoms with van der Waals surface area (Å²) in [5.41, 5.74) is 0.350. The van der Waals surface area contributed by atoms with E-state index in [1.54, 1.807) is 17.0 Å². The summed E-state index contributed by atoms with van der Waals surface area (Å²) >= 11 is 6.06. The molecule has 1 atom stereocenters. The highest BCUT2D eigenvalue weighted by Gasteiger charge is 2.32. The van der Waals surface area contributed by atoms with Crippen LogP contribution < -0.4 is 10.6 Å². The summed E-state index contributed by atoms with van der Waals surface area (Å²) in [6.45, 7) is 3.75. The molecule has 23 heavy (non-hydrogen) atoms. The Kier molecular flexibility index (Phi) is 6.36. The van der Waals surface area contributed by atoms with Gasteiger partial charge in [0, 0.05) is 36.8 Å². The van der Waals surface area contributed by atoms with Crippen molar-refractivity contribution in [1.82, 2.24) is 15.5 Å². The van der Waals surface area contributed by atoms with E-state index in [0.717, 1.165) is 6.42 Å². The molecule has 1 unspecified atom stereocenters. The predicted octanol–water partition coefficient (Wildman–Crippen LogP) is 1.70. The van der Waals surface area contributed by atoms with Crippen molar-refractivity contribution in [3.05, 3.63) is 34.6 Å². The topological polar surface area (TPSA) is 61.4 Å². The van der Waals surface area contributed by atoms with Crippen LogP contribution in [0.4, 0.5) is 4.39 Å². The van der Waals surface area contributed by atoms with Gasteiger partial charge in [0.2, 0.25) is 11.8 Å². The lowest BCUT2D eigenvalue weighted by Crippen LogP contribution is -2.56. The first kappa shape index (κ1) is 17.7. The lowest BCUT2D eigenvalue weighted by molar-refractivity contribution is -0.134. The van der Waals surface area contributed by atoms with Gasteiger partial charge in [0.05, 0.1) is 12.5 Å². The Morgan fingerprint density at radius 1 is 1.52 bits per heavy atom. The maximum atomic E-state index is 14.0. The van der Waals surface area contributed by atoms with Crippen LogP contribution in [0.3, 0.4) is 0 Å². The highest BCUT2D eigenvalue weighted by molar-refractivity contribution is 6.31. The molecule has 0 aliphatic carbocycles. The molecule has 5 nitrogen and oxygen atoms in total. The number of nitrogens with one attached hydrogen (secondary N) is 2. The summed E-state index contributed by atoms with van der Waals surface area (Å²) in [5, 5.41) is 5.84. The van der Waals surface area contributed by atoms with E-state index in [9.17, 15) is 14.0 Å².